The standard InChI is InChI=1S/C22H22NO2.Y/c1-14-15(2)19(18-13-9-8-12-17(14)18)20(24)21(25)23-22(3,4)16-10-6-5-7-11-16;/h1,5-13,20,24H,2-4H3,(H,23,25);/q-1;. The van der Waals surface area contributed by atoms with Crippen molar-refractivity contribution in [1.29, 1.82) is 0 Å². The molecule has 1 atom stereocenters. The molecule has 0 bridgehead atoms. The van der Waals surface area contributed by atoms with E-state index >= 15 is 0 Å². The summed E-state index contributed by atoms with van der Waals surface area (Å²) >= 11 is 0. The second kappa shape index (κ2) is 8.00. The number of aliphatic hydroxyl groups excluding tert-OH is 1. The second-order valence-corrected chi connectivity index (χ2v) is 6.88. The van der Waals surface area contributed by atoms with Gasteiger partial charge in [-0.05, 0) is 19.4 Å². The van der Waals surface area contributed by atoms with Crippen molar-refractivity contribution in [3.8, 4) is 0 Å². The molecule has 0 spiro atoms. The third-order valence-electron chi connectivity index (χ3n) is 4.77. The number of hydrogen-bond acceptors (Lipinski definition) is 2. The zero-order valence-electron chi connectivity index (χ0n) is 15.3. The molecule has 0 aliphatic heterocycles. The molecule has 4 heteroatoms. The quantitative estimate of drug-likeness (QED) is 0.740. The van der Waals surface area contributed by atoms with Gasteiger partial charge >= 0.3 is 0 Å². The van der Waals surface area contributed by atoms with Gasteiger partial charge in [0.1, 0.15) is 6.10 Å². The Morgan fingerprint density at radius 1 is 1.04 bits per heavy atom. The van der Waals surface area contributed by atoms with Gasteiger partial charge in [0.05, 0.1) is 5.54 Å². The number of hydrogen-bond donors (Lipinski definition) is 2. The van der Waals surface area contributed by atoms with Crippen LogP contribution in [-0.2, 0) is 43.0 Å². The van der Waals surface area contributed by atoms with Crippen LogP contribution in [0.25, 0.3) is 11.1 Å². The molecular weight excluding hydrogens is 399 g/mol. The molecule has 0 heterocycles. The molecule has 0 fully saturated rings. The number of allylic oxidation sites excluding steroid dienone is 2. The van der Waals surface area contributed by atoms with Gasteiger partial charge < -0.3 is 10.4 Å². The average molecular weight is 421 g/mol. The fourth-order valence-corrected chi connectivity index (χ4v) is 3.29. The third-order valence-corrected chi connectivity index (χ3v) is 4.77. The van der Waals surface area contributed by atoms with Crippen LogP contribution in [0.5, 0.6) is 0 Å². The van der Waals surface area contributed by atoms with Crippen molar-refractivity contribution in [3.63, 3.8) is 0 Å². The van der Waals surface area contributed by atoms with Gasteiger partial charge in [-0.1, -0.05) is 66.6 Å². The number of nitrogens with one attached hydrogen (secondary N) is 1. The number of carbonyl (C=O) groups is 1. The molecule has 1 aliphatic carbocycles. The van der Waals surface area contributed by atoms with Gasteiger partial charge in [-0.2, -0.15) is 5.57 Å². The number of fused-ring (bicyclic) bond motifs is 1. The molecule has 1 aliphatic rings. The van der Waals surface area contributed by atoms with Crippen LogP contribution in [0.1, 0.15) is 37.5 Å². The van der Waals surface area contributed by atoms with Gasteiger partial charge in [-0.3, -0.25) is 4.79 Å². The summed E-state index contributed by atoms with van der Waals surface area (Å²) in [5.74, 6) is -0.437. The molecule has 26 heavy (non-hydrogen) atoms. The topological polar surface area (TPSA) is 49.3 Å². The van der Waals surface area contributed by atoms with Crippen molar-refractivity contribution in [1.82, 2.24) is 5.32 Å². The van der Waals surface area contributed by atoms with Crippen LogP contribution in [0.2, 0.25) is 0 Å². The summed E-state index contributed by atoms with van der Waals surface area (Å²) < 4.78 is 0. The Hall–Kier alpha value is -1.55. The summed E-state index contributed by atoms with van der Waals surface area (Å²) in [6, 6.07) is 17.2. The number of rotatable bonds is 4. The Balaban J connectivity index is 0.00000243. The van der Waals surface area contributed by atoms with E-state index in [9.17, 15) is 9.90 Å². The summed E-state index contributed by atoms with van der Waals surface area (Å²) in [6.07, 6.45) is -1.27. The van der Waals surface area contributed by atoms with Crippen LogP contribution < -0.4 is 5.32 Å². The predicted molar refractivity (Wildman–Crippen MR) is 100 cm³/mol. The summed E-state index contributed by atoms with van der Waals surface area (Å²) in [5, 5.41) is 13.7. The minimum atomic E-state index is -1.27. The van der Waals surface area contributed by atoms with E-state index in [0.29, 0.717) is 11.1 Å². The van der Waals surface area contributed by atoms with E-state index < -0.39 is 17.6 Å². The van der Waals surface area contributed by atoms with E-state index in [1.807, 2.05) is 75.4 Å². The summed E-state index contributed by atoms with van der Waals surface area (Å²) in [4.78, 5) is 12.7. The number of aliphatic hydroxyl groups is 1. The van der Waals surface area contributed by atoms with Gasteiger partial charge in [0, 0.05) is 32.7 Å². The van der Waals surface area contributed by atoms with Crippen molar-refractivity contribution in [2.45, 2.75) is 32.4 Å². The SMILES string of the molecule is [CH-]=C1C(C)=C(C(O)C(=O)NC(C)(C)c2ccccc2)c2ccccc21.[Y]. The number of carbonyl (C=O) groups excluding carboxylic acids is 1. The first-order valence-corrected chi connectivity index (χ1v) is 8.32. The van der Waals surface area contributed by atoms with Crippen LogP contribution >= 0.6 is 0 Å². The fourth-order valence-electron chi connectivity index (χ4n) is 3.29. The van der Waals surface area contributed by atoms with Crippen LogP contribution in [0.4, 0.5) is 0 Å². The predicted octanol–water partition coefficient (Wildman–Crippen LogP) is 3.70. The normalized spacial score (nSPS) is 14.5. The monoisotopic (exact) mass is 421 g/mol. The first-order chi connectivity index (χ1) is 11.8. The van der Waals surface area contributed by atoms with E-state index in [1.54, 1.807) is 0 Å². The first kappa shape index (κ1) is 20.8. The van der Waals surface area contributed by atoms with Gasteiger partial charge in [-0.15, -0.1) is 17.2 Å². The fraction of sp³-hybridized carbons (Fsp3) is 0.227. The van der Waals surface area contributed by atoms with Crippen molar-refractivity contribution in [2.75, 3.05) is 0 Å². The average Bonchev–Trinajstić information content (AvgIpc) is 2.86. The molecule has 1 amide bonds. The maximum absolute atomic E-state index is 12.7. The molecule has 0 saturated heterocycles. The Kier molecular flexibility index (Phi) is 6.39. The van der Waals surface area contributed by atoms with Crippen molar-refractivity contribution < 1.29 is 42.6 Å². The molecule has 131 valence electrons. The van der Waals surface area contributed by atoms with Gasteiger partial charge in [-0.25, -0.2) is 6.58 Å². The Bertz CT molecular complexity index is 869. The van der Waals surface area contributed by atoms with E-state index in [0.717, 1.165) is 22.3 Å². The molecule has 2 N–H and O–H groups in total. The van der Waals surface area contributed by atoms with Crippen molar-refractivity contribution in [3.05, 3.63) is 83.4 Å². The maximum Gasteiger partial charge on any atom is 0.253 e. The van der Waals surface area contributed by atoms with Crippen molar-refractivity contribution in [2.24, 2.45) is 0 Å². The molecule has 0 aromatic heterocycles. The van der Waals surface area contributed by atoms with Gasteiger partial charge in [0.15, 0.2) is 0 Å². The Morgan fingerprint density at radius 2 is 1.58 bits per heavy atom. The van der Waals surface area contributed by atoms with E-state index in [2.05, 4.69) is 5.32 Å². The Morgan fingerprint density at radius 3 is 2.19 bits per heavy atom. The zero-order chi connectivity index (χ0) is 18.2. The zero-order valence-corrected chi connectivity index (χ0v) is 18.1. The van der Waals surface area contributed by atoms with Gasteiger partial charge in [0.2, 0.25) is 0 Å². The minimum Gasteiger partial charge on any atom is -0.380 e. The third kappa shape index (κ3) is 3.76. The number of benzene rings is 2. The number of amides is 1. The smallest absolute Gasteiger partial charge is 0.253 e. The first-order valence-electron chi connectivity index (χ1n) is 8.32. The van der Waals surface area contributed by atoms with E-state index in [-0.39, 0.29) is 32.7 Å². The minimum absolute atomic E-state index is 0. The molecular formula is C22H22NO2Y-. The van der Waals surface area contributed by atoms with Crippen LogP contribution in [0, 0.1) is 6.58 Å². The van der Waals surface area contributed by atoms with Gasteiger partial charge in [0.25, 0.3) is 5.91 Å². The molecule has 2 aromatic rings. The van der Waals surface area contributed by atoms with Crippen LogP contribution in [0.15, 0.2) is 60.2 Å². The molecule has 2 aromatic carbocycles. The van der Waals surface area contributed by atoms with E-state index in [4.69, 9.17) is 6.58 Å². The van der Waals surface area contributed by atoms with E-state index in [1.165, 1.54) is 0 Å². The second-order valence-electron chi connectivity index (χ2n) is 6.88. The summed E-state index contributed by atoms with van der Waals surface area (Å²) in [6.45, 7) is 11.8. The summed E-state index contributed by atoms with van der Waals surface area (Å²) in [7, 11) is 0. The molecule has 0 saturated carbocycles. The molecule has 1 radical (unpaired) electrons. The van der Waals surface area contributed by atoms with Crippen LogP contribution in [0.3, 0.4) is 0 Å². The maximum atomic E-state index is 12.7. The summed E-state index contributed by atoms with van der Waals surface area (Å²) in [5.41, 5.74) is 4.00. The largest absolute Gasteiger partial charge is 0.380 e. The molecule has 1 unspecified atom stereocenters. The molecule has 3 nitrogen and oxygen atoms in total. The van der Waals surface area contributed by atoms with Crippen molar-refractivity contribution >= 4 is 17.1 Å². The van der Waals surface area contributed by atoms with Crippen LogP contribution in [-0.4, -0.2) is 17.1 Å². The Labute approximate surface area is 180 Å². The molecule has 3 rings (SSSR count).